The molecule has 0 aliphatic heterocycles. The van der Waals surface area contributed by atoms with Crippen LogP contribution in [-0.4, -0.2) is 19.9 Å². The SMILES string of the molecule is Nc1nc2nc(F)nc(Cc3ccco3)c2[nH]1. The maximum atomic E-state index is 13.2. The van der Waals surface area contributed by atoms with E-state index in [2.05, 4.69) is 19.9 Å². The second-order valence-electron chi connectivity index (χ2n) is 3.52. The number of nitrogens with zero attached hydrogens (tertiary/aromatic N) is 3. The first-order valence-electron chi connectivity index (χ1n) is 4.92. The number of aromatic amines is 1. The monoisotopic (exact) mass is 233 g/mol. The quantitative estimate of drug-likeness (QED) is 0.650. The average molecular weight is 233 g/mol. The molecule has 0 fully saturated rings. The molecule has 0 radical (unpaired) electrons. The highest BCUT2D eigenvalue weighted by molar-refractivity contribution is 5.75. The van der Waals surface area contributed by atoms with Crippen LogP contribution in [0.4, 0.5) is 10.3 Å². The van der Waals surface area contributed by atoms with Crippen molar-refractivity contribution in [2.24, 2.45) is 0 Å². The summed E-state index contributed by atoms with van der Waals surface area (Å²) in [4.78, 5) is 13.9. The first kappa shape index (κ1) is 9.76. The second-order valence-corrected chi connectivity index (χ2v) is 3.52. The van der Waals surface area contributed by atoms with E-state index in [1.165, 1.54) is 0 Å². The average Bonchev–Trinajstić information content (AvgIpc) is 2.86. The Bertz CT molecular complexity index is 661. The van der Waals surface area contributed by atoms with Gasteiger partial charge in [0.15, 0.2) is 11.6 Å². The molecule has 7 heteroatoms. The van der Waals surface area contributed by atoms with Crippen LogP contribution in [-0.2, 0) is 6.42 Å². The zero-order valence-electron chi connectivity index (χ0n) is 8.64. The lowest BCUT2D eigenvalue weighted by Gasteiger charge is -1.99. The van der Waals surface area contributed by atoms with Crippen LogP contribution in [0.3, 0.4) is 0 Å². The topological polar surface area (TPSA) is 93.6 Å². The van der Waals surface area contributed by atoms with Crippen molar-refractivity contribution in [3.63, 3.8) is 0 Å². The zero-order chi connectivity index (χ0) is 11.8. The Morgan fingerprint density at radius 1 is 1.35 bits per heavy atom. The third-order valence-electron chi connectivity index (χ3n) is 2.34. The van der Waals surface area contributed by atoms with Crippen LogP contribution >= 0.6 is 0 Å². The van der Waals surface area contributed by atoms with Gasteiger partial charge in [-0.15, -0.1) is 0 Å². The number of halogens is 1. The van der Waals surface area contributed by atoms with E-state index in [9.17, 15) is 4.39 Å². The van der Waals surface area contributed by atoms with Crippen molar-refractivity contribution in [3.8, 4) is 0 Å². The lowest BCUT2D eigenvalue weighted by atomic mass is 10.2. The van der Waals surface area contributed by atoms with Crippen LogP contribution in [0.25, 0.3) is 11.2 Å². The summed E-state index contributed by atoms with van der Waals surface area (Å²) in [5, 5.41) is 0. The van der Waals surface area contributed by atoms with Gasteiger partial charge < -0.3 is 15.1 Å². The third kappa shape index (κ3) is 1.71. The number of aromatic nitrogens is 4. The van der Waals surface area contributed by atoms with Crippen LogP contribution in [0, 0.1) is 6.08 Å². The minimum absolute atomic E-state index is 0.181. The van der Waals surface area contributed by atoms with Gasteiger partial charge in [0.05, 0.1) is 18.4 Å². The maximum absolute atomic E-state index is 13.2. The van der Waals surface area contributed by atoms with E-state index in [1.807, 2.05) is 0 Å². The number of imidazole rings is 1. The largest absolute Gasteiger partial charge is 0.469 e. The van der Waals surface area contributed by atoms with E-state index in [4.69, 9.17) is 10.2 Å². The lowest BCUT2D eigenvalue weighted by molar-refractivity contribution is 0.511. The summed E-state index contributed by atoms with van der Waals surface area (Å²) in [7, 11) is 0. The Labute approximate surface area is 94.7 Å². The molecule has 3 heterocycles. The summed E-state index contributed by atoms with van der Waals surface area (Å²) in [6.07, 6.45) is 1.07. The summed E-state index contributed by atoms with van der Waals surface area (Å²) < 4.78 is 18.4. The van der Waals surface area contributed by atoms with Crippen molar-refractivity contribution in [1.82, 2.24) is 19.9 Å². The molecule has 0 spiro atoms. The molecule has 0 atom stereocenters. The standard InChI is InChI=1S/C10H8FN5O/c11-9-13-6(4-5-2-1-3-17-5)7-8(15-9)16-10(12)14-7/h1-3H,4H2,(H3,12,13,14,15,16). The number of hydrogen-bond acceptors (Lipinski definition) is 5. The Hall–Kier alpha value is -2.44. The van der Waals surface area contributed by atoms with Crippen LogP contribution in [0.2, 0.25) is 0 Å². The molecule has 0 bridgehead atoms. The van der Waals surface area contributed by atoms with Crippen molar-refractivity contribution < 1.29 is 8.81 Å². The summed E-state index contributed by atoms with van der Waals surface area (Å²) in [6.45, 7) is 0. The van der Waals surface area contributed by atoms with Crippen molar-refractivity contribution in [3.05, 3.63) is 35.9 Å². The smallest absolute Gasteiger partial charge is 0.311 e. The molecule has 3 N–H and O–H groups in total. The molecule has 3 rings (SSSR count). The molecular formula is C10H8FN5O. The molecule has 0 aliphatic carbocycles. The van der Waals surface area contributed by atoms with E-state index in [0.717, 1.165) is 0 Å². The molecule has 3 aromatic rings. The van der Waals surface area contributed by atoms with Gasteiger partial charge in [-0.2, -0.15) is 14.4 Å². The van der Waals surface area contributed by atoms with E-state index in [-0.39, 0.29) is 11.6 Å². The molecule has 0 saturated carbocycles. The van der Waals surface area contributed by atoms with E-state index < -0.39 is 6.08 Å². The highest BCUT2D eigenvalue weighted by Crippen LogP contribution is 2.17. The summed E-state index contributed by atoms with van der Waals surface area (Å²) in [5.74, 6) is 0.859. The van der Waals surface area contributed by atoms with Crippen LogP contribution < -0.4 is 5.73 Å². The van der Waals surface area contributed by atoms with Gasteiger partial charge in [-0.05, 0) is 12.1 Å². The third-order valence-corrected chi connectivity index (χ3v) is 2.34. The van der Waals surface area contributed by atoms with E-state index in [0.29, 0.717) is 23.4 Å². The maximum Gasteiger partial charge on any atom is 0.311 e. The van der Waals surface area contributed by atoms with Gasteiger partial charge in [0.2, 0.25) is 0 Å². The van der Waals surface area contributed by atoms with E-state index in [1.54, 1.807) is 18.4 Å². The number of nitrogens with two attached hydrogens (primary N) is 1. The number of nitrogen functional groups attached to an aromatic ring is 1. The van der Waals surface area contributed by atoms with Crippen LogP contribution in [0.15, 0.2) is 22.8 Å². The minimum atomic E-state index is -0.828. The molecule has 86 valence electrons. The molecule has 0 aromatic carbocycles. The fourth-order valence-electron chi connectivity index (χ4n) is 1.65. The zero-order valence-corrected chi connectivity index (χ0v) is 8.64. The summed E-state index contributed by atoms with van der Waals surface area (Å²) in [5.41, 5.74) is 6.71. The fourth-order valence-corrected chi connectivity index (χ4v) is 1.65. The number of nitrogens with one attached hydrogen (secondary N) is 1. The van der Waals surface area contributed by atoms with Gasteiger partial charge in [-0.1, -0.05) is 0 Å². The predicted octanol–water partition coefficient (Wildman–Crippen LogP) is 1.26. The van der Waals surface area contributed by atoms with Gasteiger partial charge in [0, 0.05) is 0 Å². The first-order valence-corrected chi connectivity index (χ1v) is 4.92. The van der Waals surface area contributed by atoms with Crippen LogP contribution in [0.5, 0.6) is 0 Å². The Kier molecular flexibility index (Phi) is 2.04. The van der Waals surface area contributed by atoms with Crippen LogP contribution in [0.1, 0.15) is 11.5 Å². The molecule has 17 heavy (non-hydrogen) atoms. The number of fused-ring (bicyclic) bond motifs is 1. The van der Waals surface area contributed by atoms with Crippen molar-refractivity contribution in [2.45, 2.75) is 6.42 Å². The summed E-state index contributed by atoms with van der Waals surface area (Å²) >= 11 is 0. The summed E-state index contributed by atoms with van der Waals surface area (Å²) in [6, 6.07) is 3.54. The number of H-pyrrole nitrogens is 1. The van der Waals surface area contributed by atoms with Crippen molar-refractivity contribution in [2.75, 3.05) is 5.73 Å². The normalized spacial score (nSPS) is 11.1. The fraction of sp³-hybridized carbons (Fsp3) is 0.100. The van der Waals surface area contributed by atoms with Crippen molar-refractivity contribution in [1.29, 1.82) is 0 Å². The van der Waals surface area contributed by atoms with Gasteiger partial charge >= 0.3 is 6.08 Å². The molecule has 6 nitrogen and oxygen atoms in total. The van der Waals surface area contributed by atoms with Crippen molar-refractivity contribution >= 4 is 17.1 Å². The number of furan rings is 1. The van der Waals surface area contributed by atoms with Gasteiger partial charge in [-0.3, -0.25) is 0 Å². The number of hydrogen-bond donors (Lipinski definition) is 2. The molecule has 0 saturated heterocycles. The first-order chi connectivity index (χ1) is 8.22. The van der Waals surface area contributed by atoms with E-state index >= 15 is 0 Å². The Balaban J connectivity index is 2.14. The number of rotatable bonds is 2. The Morgan fingerprint density at radius 2 is 2.24 bits per heavy atom. The molecule has 0 amide bonds. The van der Waals surface area contributed by atoms with Gasteiger partial charge in [0.1, 0.15) is 11.3 Å². The highest BCUT2D eigenvalue weighted by atomic mass is 19.1. The molecule has 3 aromatic heterocycles. The van der Waals surface area contributed by atoms with Gasteiger partial charge in [0.25, 0.3) is 0 Å². The molecule has 0 unspecified atom stereocenters. The predicted molar refractivity (Wildman–Crippen MR) is 57.6 cm³/mol. The number of anilines is 1. The minimum Gasteiger partial charge on any atom is -0.469 e. The highest BCUT2D eigenvalue weighted by Gasteiger charge is 2.13. The molecule has 0 aliphatic rings. The second kappa shape index (κ2) is 3.55. The lowest BCUT2D eigenvalue weighted by Crippen LogP contribution is -1.99. The van der Waals surface area contributed by atoms with Gasteiger partial charge in [-0.25, -0.2) is 4.98 Å². The Morgan fingerprint density at radius 3 is 3.00 bits per heavy atom. The molecular weight excluding hydrogens is 225 g/mol.